The molecular formula is C16H12Br2O2. The molecule has 0 saturated heterocycles. The summed E-state index contributed by atoms with van der Waals surface area (Å²) in [6.45, 7) is 0. The molecule has 0 N–H and O–H groups in total. The summed E-state index contributed by atoms with van der Waals surface area (Å²) in [4.78, 5) is 12.3. The summed E-state index contributed by atoms with van der Waals surface area (Å²) in [5.41, 5.74) is 4.95. The monoisotopic (exact) mass is 394 g/mol. The molecular weight excluding hydrogens is 384 g/mol. The fourth-order valence-electron chi connectivity index (χ4n) is 2.66. The maximum atomic E-state index is 12.0. The highest BCUT2D eigenvalue weighted by Gasteiger charge is 2.32. The van der Waals surface area contributed by atoms with Crippen LogP contribution in [0.5, 0.6) is 0 Å². The molecule has 20 heavy (non-hydrogen) atoms. The fraction of sp³-hybridized carbons (Fsp3) is 0.188. The summed E-state index contributed by atoms with van der Waals surface area (Å²) < 4.78 is 4.91. The van der Waals surface area contributed by atoms with Crippen LogP contribution in [0.1, 0.15) is 31.1 Å². The predicted octanol–water partition coefficient (Wildman–Crippen LogP) is 5.03. The van der Waals surface area contributed by atoms with Crippen molar-refractivity contribution >= 4 is 37.8 Å². The van der Waals surface area contributed by atoms with Gasteiger partial charge in [0.05, 0.1) is 22.3 Å². The van der Waals surface area contributed by atoms with Gasteiger partial charge in [0.15, 0.2) is 0 Å². The molecule has 0 fully saturated rings. The minimum Gasteiger partial charge on any atom is -0.465 e. The van der Waals surface area contributed by atoms with E-state index in [4.69, 9.17) is 4.74 Å². The van der Waals surface area contributed by atoms with Crippen LogP contribution in [0.15, 0.2) is 42.5 Å². The van der Waals surface area contributed by atoms with Crippen molar-refractivity contribution in [3.05, 3.63) is 59.2 Å². The molecule has 0 unspecified atom stereocenters. The lowest BCUT2D eigenvalue weighted by molar-refractivity contribution is 0.0601. The van der Waals surface area contributed by atoms with E-state index in [1.807, 2.05) is 36.4 Å². The first-order valence-corrected chi connectivity index (χ1v) is 8.07. The molecule has 0 radical (unpaired) electrons. The summed E-state index contributed by atoms with van der Waals surface area (Å²) in [6, 6.07) is 13.9. The van der Waals surface area contributed by atoms with Crippen molar-refractivity contribution in [2.75, 3.05) is 7.11 Å². The first-order valence-electron chi connectivity index (χ1n) is 6.23. The maximum absolute atomic E-state index is 12.0. The maximum Gasteiger partial charge on any atom is 0.338 e. The van der Waals surface area contributed by atoms with E-state index in [1.165, 1.54) is 12.7 Å². The number of hydrogen-bond acceptors (Lipinski definition) is 2. The predicted molar refractivity (Wildman–Crippen MR) is 86.6 cm³/mol. The largest absolute Gasteiger partial charge is 0.465 e. The number of carbonyl (C=O) groups is 1. The van der Waals surface area contributed by atoms with Gasteiger partial charge in [0.25, 0.3) is 0 Å². The molecule has 1 aliphatic rings. The molecule has 0 aromatic heterocycles. The average Bonchev–Trinajstić information content (AvgIpc) is 2.51. The van der Waals surface area contributed by atoms with Crippen molar-refractivity contribution in [1.29, 1.82) is 0 Å². The van der Waals surface area contributed by atoms with Crippen LogP contribution in [-0.4, -0.2) is 13.1 Å². The molecule has 3 rings (SSSR count). The van der Waals surface area contributed by atoms with Gasteiger partial charge in [-0.2, -0.15) is 0 Å². The second-order valence-electron chi connectivity index (χ2n) is 4.65. The Balaban J connectivity index is 2.34. The number of methoxy groups -OCH3 is 1. The first-order chi connectivity index (χ1) is 9.65. The van der Waals surface area contributed by atoms with Crippen molar-refractivity contribution < 1.29 is 9.53 Å². The summed E-state index contributed by atoms with van der Waals surface area (Å²) in [5.74, 6) is -0.302. The molecule has 0 aliphatic heterocycles. The van der Waals surface area contributed by atoms with E-state index in [2.05, 4.69) is 37.9 Å². The molecule has 102 valence electrons. The van der Waals surface area contributed by atoms with E-state index < -0.39 is 0 Å². The van der Waals surface area contributed by atoms with E-state index in [0.29, 0.717) is 5.56 Å². The Bertz CT molecular complexity index is 682. The standard InChI is InChI=1S/C16H12Br2O2/c1-20-16(19)12-8-4-7-11-13(12)9-5-2-3-6-10(9)14(17)15(11)18/h2-8,14-15H,1H3/t14-,15-/m0/s1. The Labute approximate surface area is 134 Å². The van der Waals surface area contributed by atoms with Gasteiger partial charge in [-0.1, -0.05) is 68.3 Å². The summed E-state index contributed by atoms with van der Waals surface area (Å²) in [7, 11) is 1.41. The van der Waals surface area contributed by atoms with E-state index in [0.717, 1.165) is 16.7 Å². The topological polar surface area (TPSA) is 26.3 Å². The molecule has 0 spiro atoms. The van der Waals surface area contributed by atoms with Gasteiger partial charge < -0.3 is 4.74 Å². The number of halogens is 2. The lowest BCUT2D eigenvalue weighted by Gasteiger charge is -2.30. The van der Waals surface area contributed by atoms with Crippen molar-refractivity contribution in [3.63, 3.8) is 0 Å². The van der Waals surface area contributed by atoms with E-state index in [1.54, 1.807) is 0 Å². The summed E-state index contributed by atoms with van der Waals surface area (Å²) in [5, 5.41) is 0. The van der Waals surface area contributed by atoms with Crippen molar-refractivity contribution in [2.45, 2.75) is 9.65 Å². The normalized spacial score (nSPS) is 19.9. The number of benzene rings is 2. The zero-order valence-electron chi connectivity index (χ0n) is 10.8. The number of rotatable bonds is 1. The van der Waals surface area contributed by atoms with Gasteiger partial charge in [0.1, 0.15) is 0 Å². The Morgan fingerprint density at radius 1 is 1.00 bits per heavy atom. The number of fused-ring (bicyclic) bond motifs is 3. The fourth-order valence-corrected chi connectivity index (χ4v) is 4.01. The highest BCUT2D eigenvalue weighted by molar-refractivity contribution is 9.12. The van der Waals surface area contributed by atoms with Gasteiger partial charge in [0.2, 0.25) is 0 Å². The molecule has 2 atom stereocenters. The van der Waals surface area contributed by atoms with Gasteiger partial charge in [-0.25, -0.2) is 4.79 Å². The van der Waals surface area contributed by atoms with Crippen molar-refractivity contribution in [2.24, 2.45) is 0 Å². The molecule has 1 aliphatic carbocycles. The van der Waals surface area contributed by atoms with E-state index >= 15 is 0 Å². The van der Waals surface area contributed by atoms with Gasteiger partial charge in [0, 0.05) is 5.56 Å². The highest BCUT2D eigenvalue weighted by Crippen LogP contribution is 2.53. The molecule has 0 heterocycles. The smallest absolute Gasteiger partial charge is 0.338 e. The summed E-state index contributed by atoms with van der Waals surface area (Å²) in [6.07, 6.45) is 0. The third-order valence-corrected chi connectivity index (χ3v) is 6.34. The van der Waals surface area contributed by atoms with Crippen LogP contribution < -0.4 is 0 Å². The van der Waals surface area contributed by atoms with Crippen LogP contribution in [0.2, 0.25) is 0 Å². The zero-order chi connectivity index (χ0) is 14.3. The molecule has 0 amide bonds. The highest BCUT2D eigenvalue weighted by atomic mass is 79.9. The third kappa shape index (κ3) is 2.02. The minimum absolute atomic E-state index is 0.122. The lowest BCUT2D eigenvalue weighted by atomic mass is 9.83. The molecule has 2 nitrogen and oxygen atoms in total. The summed E-state index contributed by atoms with van der Waals surface area (Å²) >= 11 is 7.47. The van der Waals surface area contributed by atoms with Gasteiger partial charge in [-0.3, -0.25) is 0 Å². The van der Waals surface area contributed by atoms with E-state index in [-0.39, 0.29) is 15.6 Å². The Hall–Kier alpha value is -1.13. The van der Waals surface area contributed by atoms with Crippen LogP contribution in [-0.2, 0) is 4.74 Å². The van der Waals surface area contributed by atoms with Crippen molar-refractivity contribution in [1.82, 2.24) is 0 Å². The Morgan fingerprint density at radius 2 is 1.65 bits per heavy atom. The Kier molecular flexibility index (Phi) is 3.69. The second-order valence-corrected chi connectivity index (χ2v) is 6.63. The third-order valence-electron chi connectivity index (χ3n) is 3.58. The van der Waals surface area contributed by atoms with Crippen molar-refractivity contribution in [3.8, 4) is 11.1 Å². The van der Waals surface area contributed by atoms with Crippen LogP contribution in [0.3, 0.4) is 0 Å². The number of alkyl halides is 2. The molecule has 0 bridgehead atoms. The lowest BCUT2D eigenvalue weighted by Crippen LogP contribution is -2.13. The van der Waals surface area contributed by atoms with Crippen LogP contribution in [0.4, 0.5) is 0 Å². The first kappa shape index (κ1) is 13.8. The van der Waals surface area contributed by atoms with Crippen LogP contribution >= 0.6 is 31.9 Å². The average molecular weight is 396 g/mol. The molecule has 4 heteroatoms. The van der Waals surface area contributed by atoms with Gasteiger partial charge in [-0.15, -0.1) is 0 Å². The van der Waals surface area contributed by atoms with E-state index in [9.17, 15) is 4.79 Å². The Morgan fingerprint density at radius 3 is 2.40 bits per heavy atom. The zero-order valence-corrected chi connectivity index (χ0v) is 13.9. The molecule has 2 aromatic carbocycles. The second kappa shape index (κ2) is 5.34. The number of ether oxygens (including phenoxy) is 1. The number of hydrogen-bond donors (Lipinski definition) is 0. The molecule has 2 aromatic rings. The van der Waals surface area contributed by atoms with Crippen LogP contribution in [0.25, 0.3) is 11.1 Å². The van der Waals surface area contributed by atoms with Crippen LogP contribution in [0, 0.1) is 0 Å². The van der Waals surface area contributed by atoms with Gasteiger partial charge >= 0.3 is 5.97 Å². The quantitative estimate of drug-likeness (QED) is 0.500. The number of carbonyl (C=O) groups excluding carboxylic acids is 1. The minimum atomic E-state index is -0.302. The van der Waals surface area contributed by atoms with Gasteiger partial charge in [-0.05, 0) is 22.8 Å². The SMILES string of the molecule is COC(=O)c1cccc2c1-c1ccccc1[C@H](Br)[C@H]2Br. The molecule has 0 saturated carbocycles. The number of esters is 1.